The van der Waals surface area contributed by atoms with Gasteiger partial charge in [0.25, 0.3) is 0 Å². The minimum atomic E-state index is 0. The second-order valence-corrected chi connectivity index (χ2v) is 2.37. The van der Waals surface area contributed by atoms with Gasteiger partial charge in [0.05, 0.1) is 0 Å². The molecule has 0 radical (unpaired) electrons. The van der Waals surface area contributed by atoms with E-state index in [1.165, 1.54) is 11.5 Å². The Morgan fingerprint density at radius 3 is 1.80 bits per heavy atom. The average Bonchev–Trinajstić information content (AvgIpc) is 1.90. The fraction of sp³-hybridized carbons (Fsp3) is 0.222. The molecule has 48 valence electrons. The predicted octanol–water partition coefficient (Wildman–Crippen LogP) is -0.347. The van der Waals surface area contributed by atoms with E-state index in [0.717, 1.165) is 0 Å². The van der Waals surface area contributed by atoms with E-state index in [1.54, 1.807) is 0 Å². The molecule has 0 aliphatic carbocycles. The maximum Gasteiger partial charge on any atom is 1.00 e. The molecule has 1 heteroatoms. The van der Waals surface area contributed by atoms with Crippen LogP contribution in [0.25, 0.3) is 0 Å². The molecule has 0 spiro atoms. The van der Waals surface area contributed by atoms with Gasteiger partial charge in [-0.3, -0.25) is 0 Å². The van der Waals surface area contributed by atoms with Crippen LogP contribution in [-0.4, -0.2) is 0 Å². The molecule has 0 atom stereocenters. The molecule has 1 rings (SSSR count). The van der Waals surface area contributed by atoms with E-state index in [0.29, 0.717) is 0 Å². The van der Waals surface area contributed by atoms with Crippen LogP contribution in [0.3, 0.4) is 0 Å². The Morgan fingerprint density at radius 2 is 1.50 bits per heavy atom. The second kappa shape index (κ2) is 4.49. The molecule has 0 aromatic heterocycles. The molecule has 0 nitrogen and oxygen atoms in total. The molecule has 0 unspecified atom stereocenters. The fourth-order valence-electron chi connectivity index (χ4n) is 0.771. The summed E-state index contributed by atoms with van der Waals surface area (Å²) in [7, 11) is 0. The monoisotopic (exact) mass is 126 g/mol. The molecule has 1 aromatic carbocycles. The molecule has 0 amide bonds. The third-order valence-electron chi connectivity index (χ3n) is 1.35. The Morgan fingerprint density at radius 1 is 1.00 bits per heavy atom. The molecule has 0 aliphatic heterocycles. The molecule has 0 saturated heterocycles. The van der Waals surface area contributed by atoms with Crippen LogP contribution >= 0.6 is 0 Å². The number of hydrogen-bond donors (Lipinski definition) is 0. The van der Waals surface area contributed by atoms with E-state index in [4.69, 9.17) is 0 Å². The Balaban J connectivity index is 0.000000810. The summed E-state index contributed by atoms with van der Waals surface area (Å²) in [6, 6.07) is 10.4. The summed E-state index contributed by atoms with van der Waals surface area (Å²) in [5.74, 6) is 1.37. The van der Waals surface area contributed by atoms with Gasteiger partial charge in [0.2, 0.25) is 0 Å². The van der Waals surface area contributed by atoms with Crippen molar-refractivity contribution in [3.63, 3.8) is 0 Å². The predicted molar refractivity (Wildman–Crippen MR) is 40.1 cm³/mol. The minimum absolute atomic E-state index is 0. The van der Waals surface area contributed by atoms with Crippen LogP contribution in [0.1, 0.15) is 19.4 Å². The van der Waals surface area contributed by atoms with Gasteiger partial charge in [0, 0.05) is 0 Å². The zero-order valence-corrected chi connectivity index (χ0v) is 6.89. The van der Waals surface area contributed by atoms with Crippen LogP contribution < -0.4 is 18.9 Å². The third kappa shape index (κ3) is 2.52. The summed E-state index contributed by atoms with van der Waals surface area (Å²) >= 11 is 0. The number of hydrogen-bond acceptors (Lipinski definition) is 0. The molecule has 10 heavy (non-hydrogen) atoms. The largest absolute Gasteiger partial charge is 1.00 e. The van der Waals surface area contributed by atoms with Crippen LogP contribution in [0.15, 0.2) is 30.3 Å². The topological polar surface area (TPSA) is 0 Å². The van der Waals surface area contributed by atoms with E-state index in [-0.39, 0.29) is 18.9 Å². The van der Waals surface area contributed by atoms with Crippen LogP contribution in [0.5, 0.6) is 0 Å². The first-order valence-electron chi connectivity index (χ1n) is 3.16. The maximum atomic E-state index is 2.12. The van der Waals surface area contributed by atoms with Crippen molar-refractivity contribution < 1.29 is 18.9 Å². The zero-order valence-electron chi connectivity index (χ0n) is 6.89. The summed E-state index contributed by atoms with van der Waals surface area (Å²) in [5.41, 5.74) is 1.33. The summed E-state index contributed by atoms with van der Waals surface area (Å²) in [6.07, 6.45) is 0. The summed E-state index contributed by atoms with van der Waals surface area (Å²) in [6.45, 7) is 4.24. The van der Waals surface area contributed by atoms with Crippen molar-refractivity contribution in [3.05, 3.63) is 41.8 Å². The molecule has 0 aliphatic rings. The first kappa shape index (κ1) is 9.69. The fourth-order valence-corrected chi connectivity index (χ4v) is 0.771. The van der Waals surface area contributed by atoms with Crippen molar-refractivity contribution in [3.8, 4) is 0 Å². The van der Waals surface area contributed by atoms with Gasteiger partial charge >= 0.3 is 18.9 Å². The van der Waals surface area contributed by atoms with Crippen molar-refractivity contribution in [1.29, 1.82) is 0 Å². The maximum absolute atomic E-state index is 2.12. The molecule has 0 heterocycles. The van der Waals surface area contributed by atoms with Crippen LogP contribution in [0.4, 0.5) is 0 Å². The van der Waals surface area contributed by atoms with E-state index < -0.39 is 0 Å². The molecule has 0 bridgehead atoms. The summed E-state index contributed by atoms with van der Waals surface area (Å²) in [5, 5.41) is 0. The molecular formula is C9H11Li. The van der Waals surface area contributed by atoms with Gasteiger partial charge in [0.1, 0.15) is 0 Å². The molecule has 0 saturated carbocycles. The van der Waals surface area contributed by atoms with E-state index in [2.05, 4.69) is 38.1 Å². The Kier molecular flexibility index (Phi) is 4.35. The van der Waals surface area contributed by atoms with Crippen LogP contribution in [0.2, 0.25) is 0 Å². The van der Waals surface area contributed by atoms with Gasteiger partial charge in [-0.2, -0.15) is 23.6 Å². The van der Waals surface area contributed by atoms with Gasteiger partial charge in [0.15, 0.2) is 0 Å². The zero-order chi connectivity index (χ0) is 6.69. The van der Waals surface area contributed by atoms with Gasteiger partial charge in [-0.1, -0.05) is 19.9 Å². The Hall–Kier alpha value is -0.313. The Bertz CT molecular complexity index is 167. The smallest absolute Gasteiger partial charge is 0.189 e. The van der Waals surface area contributed by atoms with Crippen molar-refractivity contribution in [2.45, 2.75) is 13.8 Å². The van der Waals surface area contributed by atoms with Crippen LogP contribution in [-0.2, 0) is 0 Å². The molecule has 1 aromatic rings. The number of benzene rings is 1. The van der Waals surface area contributed by atoms with Gasteiger partial charge < -0.3 is 0 Å². The normalized spacial score (nSPS) is 8.20. The van der Waals surface area contributed by atoms with E-state index in [9.17, 15) is 0 Å². The number of rotatable bonds is 1. The molecular weight excluding hydrogens is 115 g/mol. The van der Waals surface area contributed by atoms with Crippen molar-refractivity contribution in [2.24, 2.45) is 0 Å². The van der Waals surface area contributed by atoms with Gasteiger partial charge in [-0.25, -0.2) is 0 Å². The van der Waals surface area contributed by atoms with Crippen molar-refractivity contribution in [2.75, 3.05) is 0 Å². The summed E-state index contributed by atoms with van der Waals surface area (Å²) < 4.78 is 0. The van der Waals surface area contributed by atoms with Crippen molar-refractivity contribution >= 4 is 0 Å². The van der Waals surface area contributed by atoms with Gasteiger partial charge in [-0.05, 0) is 0 Å². The molecule has 0 N–H and O–H groups in total. The van der Waals surface area contributed by atoms with Crippen molar-refractivity contribution in [1.82, 2.24) is 0 Å². The SMILES string of the molecule is C[C-](C)c1ccccc1.[Li+]. The van der Waals surface area contributed by atoms with Gasteiger partial charge in [-0.15, -0.1) is 12.1 Å². The molecule has 0 fully saturated rings. The summed E-state index contributed by atoms with van der Waals surface area (Å²) in [4.78, 5) is 0. The second-order valence-electron chi connectivity index (χ2n) is 2.37. The minimum Gasteiger partial charge on any atom is -0.189 e. The first-order valence-corrected chi connectivity index (χ1v) is 3.16. The Labute approximate surface area is 74.8 Å². The van der Waals surface area contributed by atoms with Crippen LogP contribution in [0, 0.1) is 5.92 Å². The quantitative estimate of drug-likeness (QED) is 0.356. The third-order valence-corrected chi connectivity index (χ3v) is 1.35. The van der Waals surface area contributed by atoms with E-state index in [1.807, 2.05) is 6.07 Å². The first-order chi connectivity index (χ1) is 4.30. The van der Waals surface area contributed by atoms with E-state index >= 15 is 0 Å². The average molecular weight is 126 g/mol. The standard InChI is InChI=1S/C9H11.Li/c1-8(2)9-6-4-3-5-7-9;/h3-7H,1-2H3;/q-1;+1.